The fourth-order valence-corrected chi connectivity index (χ4v) is 2.31. The molecule has 1 amide bonds. The highest BCUT2D eigenvalue weighted by Gasteiger charge is 2.12. The number of nitrogens with one attached hydrogen (secondary N) is 1. The lowest BCUT2D eigenvalue weighted by molar-refractivity contribution is 0.0944. The third-order valence-electron chi connectivity index (χ3n) is 3.49. The van der Waals surface area contributed by atoms with E-state index >= 15 is 0 Å². The van der Waals surface area contributed by atoms with Crippen molar-refractivity contribution in [3.63, 3.8) is 0 Å². The van der Waals surface area contributed by atoms with Gasteiger partial charge < -0.3 is 10.1 Å². The van der Waals surface area contributed by atoms with E-state index in [9.17, 15) is 4.79 Å². The molecule has 0 spiro atoms. The Morgan fingerprint density at radius 2 is 2.00 bits per heavy atom. The van der Waals surface area contributed by atoms with Crippen molar-refractivity contribution in [3.8, 4) is 11.4 Å². The minimum Gasteiger partial charge on any atom is -0.497 e. The van der Waals surface area contributed by atoms with E-state index in [0.29, 0.717) is 12.2 Å². The summed E-state index contributed by atoms with van der Waals surface area (Å²) < 4.78 is 6.95. The van der Waals surface area contributed by atoms with Crippen LogP contribution >= 0.6 is 0 Å². The van der Waals surface area contributed by atoms with Gasteiger partial charge in [0, 0.05) is 12.2 Å². The number of benzene rings is 2. The van der Waals surface area contributed by atoms with Gasteiger partial charge in [-0.25, -0.2) is 4.98 Å². The Labute approximate surface area is 134 Å². The summed E-state index contributed by atoms with van der Waals surface area (Å²) in [4.78, 5) is 16.5. The van der Waals surface area contributed by atoms with E-state index in [-0.39, 0.29) is 5.91 Å². The number of hydrogen-bond donors (Lipinski definition) is 1. The lowest BCUT2D eigenvalue weighted by Crippen LogP contribution is -2.25. The van der Waals surface area contributed by atoms with E-state index in [1.54, 1.807) is 24.2 Å². The molecule has 0 aliphatic carbocycles. The average molecular weight is 307 g/mol. The van der Waals surface area contributed by atoms with Gasteiger partial charge in [-0.1, -0.05) is 30.3 Å². The van der Waals surface area contributed by atoms with Crippen LogP contribution in [0.1, 0.15) is 16.1 Å². The normalized spacial score (nSPS) is 10.3. The fourth-order valence-electron chi connectivity index (χ4n) is 2.31. The first kappa shape index (κ1) is 14.8. The standard InChI is InChI=1S/C18H17N3O2/c1-23-16-9-5-6-14(10-16)11-20-18(22)17-12-19-13-21(17)15-7-3-2-4-8-15/h2-10,12-13H,11H2,1H3,(H,20,22). The Balaban J connectivity index is 1.73. The topological polar surface area (TPSA) is 56.1 Å². The molecule has 0 radical (unpaired) electrons. The molecule has 1 N–H and O–H groups in total. The van der Waals surface area contributed by atoms with E-state index in [1.165, 1.54) is 0 Å². The second-order valence-corrected chi connectivity index (χ2v) is 5.02. The first-order chi connectivity index (χ1) is 11.3. The van der Waals surface area contributed by atoms with Gasteiger partial charge in [0.15, 0.2) is 0 Å². The summed E-state index contributed by atoms with van der Waals surface area (Å²) in [6.45, 7) is 0.427. The zero-order chi connectivity index (χ0) is 16.1. The van der Waals surface area contributed by atoms with Gasteiger partial charge in [0.1, 0.15) is 11.4 Å². The Morgan fingerprint density at radius 3 is 2.78 bits per heavy atom. The predicted octanol–water partition coefficient (Wildman–Crippen LogP) is 2.81. The second kappa shape index (κ2) is 6.79. The molecule has 0 bridgehead atoms. The largest absolute Gasteiger partial charge is 0.497 e. The molecule has 5 nitrogen and oxygen atoms in total. The number of amides is 1. The van der Waals surface area contributed by atoms with Gasteiger partial charge in [-0.2, -0.15) is 0 Å². The molecule has 0 saturated heterocycles. The molecule has 0 saturated carbocycles. The quantitative estimate of drug-likeness (QED) is 0.788. The van der Waals surface area contributed by atoms with Crippen molar-refractivity contribution in [1.29, 1.82) is 0 Å². The Kier molecular flexibility index (Phi) is 4.38. The SMILES string of the molecule is COc1cccc(CNC(=O)c2cncn2-c2ccccc2)c1. The summed E-state index contributed by atoms with van der Waals surface area (Å²) in [6.07, 6.45) is 3.20. The molecule has 1 aromatic heterocycles. The number of aromatic nitrogens is 2. The molecule has 23 heavy (non-hydrogen) atoms. The van der Waals surface area contributed by atoms with E-state index in [0.717, 1.165) is 17.0 Å². The molecule has 0 fully saturated rings. The minimum absolute atomic E-state index is 0.172. The molecule has 5 heteroatoms. The van der Waals surface area contributed by atoms with Crippen molar-refractivity contribution in [2.24, 2.45) is 0 Å². The summed E-state index contributed by atoms with van der Waals surface area (Å²) in [5.41, 5.74) is 2.37. The van der Waals surface area contributed by atoms with Crippen LogP contribution in [0.5, 0.6) is 5.75 Å². The molecule has 0 aliphatic rings. The smallest absolute Gasteiger partial charge is 0.270 e. The van der Waals surface area contributed by atoms with E-state index < -0.39 is 0 Å². The lowest BCUT2D eigenvalue weighted by Gasteiger charge is -2.09. The third-order valence-corrected chi connectivity index (χ3v) is 3.49. The van der Waals surface area contributed by atoms with E-state index in [2.05, 4.69) is 10.3 Å². The number of carbonyl (C=O) groups excluding carboxylic acids is 1. The van der Waals surface area contributed by atoms with Crippen LogP contribution in [0.15, 0.2) is 67.1 Å². The van der Waals surface area contributed by atoms with Crippen LogP contribution in [0.4, 0.5) is 0 Å². The number of imidazole rings is 1. The van der Waals surface area contributed by atoms with Gasteiger partial charge in [-0.15, -0.1) is 0 Å². The minimum atomic E-state index is -0.172. The molecule has 116 valence electrons. The second-order valence-electron chi connectivity index (χ2n) is 5.02. The molecule has 0 aliphatic heterocycles. The molecule has 3 rings (SSSR count). The molecular formula is C18H17N3O2. The van der Waals surface area contributed by atoms with E-state index in [1.807, 2.05) is 54.6 Å². The van der Waals surface area contributed by atoms with Crippen LogP contribution in [-0.2, 0) is 6.54 Å². The van der Waals surface area contributed by atoms with Crippen LogP contribution in [0.25, 0.3) is 5.69 Å². The molecule has 0 atom stereocenters. The Bertz CT molecular complexity index is 797. The van der Waals surface area contributed by atoms with Crippen molar-refractivity contribution in [2.45, 2.75) is 6.54 Å². The fraction of sp³-hybridized carbons (Fsp3) is 0.111. The summed E-state index contributed by atoms with van der Waals surface area (Å²) in [5, 5.41) is 2.91. The number of nitrogens with zero attached hydrogens (tertiary/aromatic N) is 2. The number of para-hydroxylation sites is 1. The number of methoxy groups -OCH3 is 1. The maximum atomic E-state index is 12.4. The Hall–Kier alpha value is -3.08. The number of hydrogen-bond acceptors (Lipinski definition) is 3. The van der Waals surface area contributed by atoms with Gasteiger partial charge >= 0.3 is 0 Å². The highest BCUT2D eigenvalue weighted by atomic mass is 16.5. The van der Waals surface area contributed by atoms with Gasteiger partial charge in [-0.3, -0.25) is 9.36 Å². The first-order valence-corrected chi connectivity index (χ1v) is 7.27. The molecule has 0 unspecified atom stereocenters. The van der Waals surface area contributed by atoms with Crippen molar-refractivity contribution < 1.29 is 9.53 Å². The number of carbonyl (C=O) groups is 1. The number of rotatable bonds is 5. The van der Waals surface area contributed by atoms with Crippen molar-refractivity contribution >= 4 is 5.91 Å². The van der Waals surface area contributed by atoms with Gasteiger partial charge in [0.25, 0.3) is 5.91 Å². The maximum absolute atomic E-state index is 12.4. The predicted molar refractivity (Wildman–Crippen MR) is 87.7 cm³/mol. The highest BCUT2D eigenvalue weighted by molar-refractivity contribution is 5.92. The summed E-state index contributed by atoms with van der Waals surface area (Å²) in [6, 6.07) is 17.3. The van der Waals surface area contributed by atoms with Crippen LogP contribution < -0.4 is 10.1 Å². The third kappa shape index (κ3) is 3.40. The molecular weight excluding hydrogens is 290 g/mol. The monoisotopic (exact) mass is 307 g/mol. The van der Waals surface area contributed by atoms with Crippen LogP contribution in [0.2, 0.25) is 0 Å². The molecule has 1 heterocycles. The van der Waals surface area contributed by atoms with Crippen molar-refractivity contribution in [2.75, 3.05) is 7.11 Å². The zero-order valence-corrected chi connectivity index (χ0v) is 12.8. The van der Waals surface area contributed by atoms with Gasteiger partial charge in [0.2, 0.25) is 0 Å². The van der Waals surface area contributed by atoms with Gasteiger partial charge in [0.05, 0.1) is 19.6 Å². The summed E-state index contributed by atoms with van der Waals surface area (Å²) in [5.74, 6) is 0.597. The molecule has 3 aromatic rings. The van der Waals surface area contributed by atoms with Crippen LogP contribution in [0, 0.1) is 0 Å². The average Bonchev–Trinajstić information content (AvgIpc) is 3.10. The van der Waals surface area contributed by atoms with Crippen molar-refractivity contribution in [1.82, 2.24) is 14.9 Å². The summed E-state index contributed by atoms with van der Waals surface area (Å²) in [7, 11) is 1.62. The number of ether oxygens (including phenoxy) is 1. The van der Waals surface area contributed by atoms with Crippen molar-refractivity contribution in [3.05, 3.63) is 78.4 Å². The highest BCUT2D eigenvalue weighted by Crippen LogP contribution is 2.13. The maximum Gasteiger partial charge on any atom is 0.270 e. The Morgan fingerprint density at radius 1 is 1.17 bits per heavy atom. The zero-order valence-electron chi connectivity index (χ0n) is 12.8. The molecule has 2 aromatic carbocycles. The summed E-state index contributed by atoms with van der Waals surface area (Å²) >= 11 is 0. The van der Waals surface area contributed by atoms with E-state index in [4.69, 9.17) is 4.74 Å². The van der Waals surface area contributed by atoms with Crippen LogP contribution in [-0.4, -0.2) is 22.6 Å². The van der Waals surface area contributed by atoms with Gasteiger partial charge in [-0.05, 0) is 29.8 Å². The first-order valence-electron chi connectivity index (χ1n) is 7.27. The van der Waals surface area contributed by atoms with Crippen LogP contribution in [0.3, 0.4) is 0 Å². The lowest BCUT2D eigenvalue weighted by atomic mass is 10.2.